The summed E-state index contributed by atoms with van der Waals surface area (Å²) in [6, 6.07) is 6.06. The van der Waals surface area contributed by atoms with Crippen LogP contribution in [0.4, 0.5) is 0 Å². The SMILES string of the molecule is CC1CN(S(=O)(=O)c2ccc(Cl)c(C#N)c2)CC(C)(C)O1. The zero-order chi connectivity index (χ0) is 15.8. The van der Waals surface area contributed by atoms with Gasteiger partial charge in [0.25, 0.3) is 0 Å². The third-order valence-electron chi connectivity index (χ3n) is 3.23. The van der Waals surface area contributed by atoms with Gasteiger partial charge in [0.05, 0.1) is 27.2 Å². The van der Waals surface area contributed by atoms with Crippen LogP contribution in [0.3, 0.4) is 0 Å². The van der Waals surface area contributed by atoms with E-state index in [-0.39, 0.29) is 34.7 Å². The molecule has 1 saturated heterocycles. The van der Waals surface area contributed by atoms with E-state index >= 15 is 0 Å². The first-order valence-electron chi connectivity index (χ1n) is 6.53. The maximum Gasteiger partial charge on any atom is 0.243 e. The van der Waals surface area contributed by atoms with Gasteiger partial charge in [0, 0.05) is 13.1 Å². The van der Waals surface area contributed by atoms with E-state index < -0.39 is 15.6 Å². The molecule has 0 aromatic heterocycles. The molecule has 0 N–H and O–H groups in total. The van der Waals surface area contributed by atoms with Crippen molar-refractivity contribution < 1.29 is 13.2 Å². The van der Waals surface area contributed by atoms with E-state index in [0.717, 1.165) is 0 Å². The number of rotatable bonds is 2. The molecule has 1 aliphatic rings. The quantitative estimate of drug-likeness (QED) is 0.835. The fraction of sp³-hybridized carbons (Fsp3) is 0.500. The fourth-order valence-electron chi connectivity index (χ4n) is 2.48. The minimum absolute atomic E-state index is 0.0772. The molecule has 1 heterocycles. The second-order valence-corrected chi connectivity index (χ2v) is 8.08. The van der Waals surface area contributed by atoms with Crippen LogP contribution in [0.25, 0.3) is 0 Å². The van der Waals surface area contributed by atoms with E-state index in [9.17, 15) is 8.42 Å². The molecule has 1 unspecified atom stereocenters. The van der Waals surface area contributed by atoms with Gasteiger partial charge in [-0.1, -0.05) is 11.6 Å². The Kier molecular flexibility index (Phi) is 4.31. The Morgan fingerprint density at radius 1 is 1.48 bits per heavy atom. The van der Waals surface area contributed by atoms with E-state index in [1.54, 1.807) is 0 Å². The molecule has 1 atom stereocenters. The molecule has 21 heavy (non-hydrogen) atoms. The van der Waals surface area contributed by atoms with Gasteiger partial charge in [0.2, 0.25) is 10.0 Å². The number of morpholine rings is 1. The molecule has 5 nitrogen and oxygen atoms in total. The highest BCUT2D eigenvalue weighted by Crippen LogP contribution is 2.28. The molecule has 1 aromatic carbocycles. The number of halogens is 1. The average Bonchev–Trinajstić information content (AvgIpc) is 2.36. The monoisotopic (exact) mass is 328 g/mol. The second-order valence-electron chi connectivity index (χ2n) is 5.74. The summed E-state index contributed by atoms with van der Waals surface area (Å²) in [5.41, 5.74) is -0.395. The summed E-state index contributed by atoms with van der Waals surface area (Å²) in [4.78, 5) is 0.0772. The normalized spacial score (nSPS) is 22.7. The zero-order valence-electron chi connectivity index (χ0n) is 12.1. The average molecular weight is 329 g/mol. The summed E-state index contributed by atoms with van der Waals surface area (Å²) in [6.07, 6.45) is -0.189. The van der Waals surface area contributed by atoms with E-state index in [1.807, 2.05) is 26.8 Å². The molecule has 0 amide bonds. The standard InChI is InChI=1S/C14H17ClN2O3S/c1-10-8-17(9-14(2,3)20-10)21(18,19)12-4-5-13(15)11(6-12)7-16/h4-6,10H,8-9H2,1-3H3. The van der Waals surface area contributed by atoms with Gasteiger partial charge in [-0.15, -0.1) is 0 Å². The zero-order valence-corrected chi connectivity index (χ0v) is 13.7. The maximum absolute atomic E-state index is 12.7. The van der Waals surface area contributed by atoms with E-state index in [0.29, 0.717) is 0 Å². The smallest absolute Gasteiger partial charge is 0.243 e. The minimum atomic E-state index is -3.67. The molecule has 1 aromatic rings. The van der Waals surface area contributed by atoms with Crippen LogP contribution < -0.4 is 0 Å². The van der Waals surface area contributed by atoms with Crippen LogP contribution in [0, 0.1) is 11.3 Å². The van der Waals surface area contributed by atoms with Crippen molar-refractivity contribution in [2.75, 3.05) is 13.1 Å². The third kappa shape index (κ3) is 3.38. The molecule has 1 fully saturated rings. The molecule has 1 aliphatic heterocycles. The van der Waals surface area contributed by atoms with Crippen LogP contribution in [0.5, 0.6) is 0 Å². The Hall–Kier alpha value is -1.13. The van der Waals surface area contributed by atoms with E-state index in [1.165, 1.54) is 22.5 Å². The predicted octanol–water partition coefficient (Wildman–Crippen LogP) is 2.40. The predicted molar refractivity (Wildman–Crippen MR) is 79.6 cm³/mol. The van der Waals surface area contributed by atoms with Crippen LogP contribution >= 0.6 is 11.6 Å². The number of benzene rings is 1. The van der Waals surface area contributed by atoms with Gasteiger partial charge < -0.3 is 4.74 Å². The second kappa shape index (κ2) is 5.58. The summed E-state index contributed by atoms with van der Waals surface area (Å²) in [5.74, 6) is 0. The Morgan fingerprint density at radius 2 is 2.14 bits per heavy atom. The van der Waals surface area contributed by atoms with Gasteiger partial charge in [-0.2, -0.15) is 9.57 Å². The first kappa shape index (κ1) is 16.2. The van der Waals surface area contributed by atoms with Gasteiger partial charge in [0.15, 0.2) is 0 Å². The molecule has 0 spiro atoms. The highest BCUT2D eigenvalue weighted by molar-refractivity contribution is 7.89. The molecule has 2 rings (SSSR count). The van der Waals surface area contributed by atoms with Crippen LogP contribution in [-0.2, 0) is 14.8 Å². The van der Waals surface area contributed by atoms with Crippen molar-refractivity contribution in [2.45, 2.75) is 37.4 Å². The van der Waals surface area contributed by atoms with E-state index in [2.05, 4.69) is 0 Å². The number of sulfonamides is 1. The Balaban J connectivity index is 2.40. The third-order valence-corrected chi connectivity index (χ3v) is 5.37. The molecule has 0 bridgehead atoms. The van der Waals surface area contributed by atoms with Gasteiger partial charge >= 0.3 is 0 Å². The number of ether oxygens (including phenoxy) is 1. The van der Waals surface area contributed by atoms with Crippen LogP contribution in [0.15, 0.2) is 23.1 Å². The molecule has 114 valence electrons. The van der Waals surface area contributed by atoms with Crippen molar-refractivity contribution >= 4 is 21.6 Å². The fourth-order valence-corrected chi connectivity index (χ4v) is 4.33. The summed E-state index contributed by atoms with van der Waals surface area (Å²) in [5, 5.41) is 9.22. The van der Waals surface area contributed by atoms with Crippen LogP contribution in [-0.4, -0.2) is 37.5 Å². The lowest BCUT2D eigenvalue weighted by molar-refractivity contribution is -0.109. The highest BCUT2D eigenvalue weighted by Gasteiger charge is 2.38. The number of nitriles is 1. The van der Waals surface area contributed by atoms with Gasteiger partial charge in [-0.05, 0) is 39.0 Å². The topological polar surface area (TPSA) is 70.4 Å². The van der Waals surface area contributed by atoms with Crippen molar-refractivity contribution in [3.63, 3.8) is 0 Å². The highest BCUT2D eigenvalue weighted by atomic mass is 35.5. The van der Waals surface area contributed by atoms with Crippen LogP contribution in [0.1, 0.15) is 26.3 Å². The first-order chi connectivity index (χ1) is 9.65. The Labute approximate surface area is 130 Å². The van der Waals surface area contributed by atoms with Gasteiger partial charge in [-0.25, -0.2) is 8.42 Å². The lowest BCUT2D eigenvalue weighted by Crippen LogP contribution is -2.53. The number of hydrogen-bond acceptors (Lipinski definition) is 4. The van der Waals surface area contributed by atoms with Crippen molar-refractivity contribution in [1.82, 2.24) is 4.31 Å². The Bertz CT molecular complexity index is 695. The minimum Gasteiger partial charge on any atom is -0.370 e. The lowest BCUT2D eigenvalue weighted by Gasteiger charge is -2.40. The maximum atomic E-state index is 12.7. The van der Waals surface area contributed by atoms with E-state index in [4.69, 9.17) is 21.6 Å². The summed E-state index contributed by atoms with van der Waals surface area (Å²) < 4.78 is 32.5. The van der Waals surface area contributed by atoms with Crippen molar-refractivity contribution in [3.05, 3.63) is 28.8 Å². The summed E-state index contributed by atoms with van der Waals surface area (Å²) in [7, 11) is -3.67. The molecule has 0 saturated carbocycles. The number of hydrogen-bond donors (Lipinski definition) is 0. The summed E-state index contributed by atoms with van der Waals surface area (Å²) in [6.45, 7) is 6.11. The molecule has 0 aliphatic carbocycles. The molecule has 0 radical (unpaired) electrons. The van der Waals surface area contributed by atoms with Crippen molar-refractivity contribution in [1.29, 1.82) is 5.26 Å². The Morgan fingerprint density at radius 3 is 2.71 bits per heavy atom. The first-order valence-corrected chi connectivity index (χ1v) is 8.35. The number of nitrogens with zero attached hydrogens (tertiary/aromatic N) is 2. The summed E-state index contributed by atoms with van der Waals surface area (Å²) >= 11 is 5.85. The largest absolute Gasteiger partial charge is 0.370 e. The molecular weight excluding hydrogens is 312 g/mol. The molecular formula is C14H17ClN2O3S. The lowest BCUT2D eigenvalue weighted by atomic mass is 10.1. The molecule has 7 heteroatoms. The van der Waals surface area contributed by atoms with Crippen LogP contribution in [0.2, 0.25) is 5.02 Å². The van der Waals surface area contributed by atoms with Gasteiger partial charge in [-0.3, -0.25) is 0 Å². The van der Waals surface area contributed by atoms with Crippen molar-refractivity contribution in [3.8, 4) is 6.07 Å². The van der Waals surface area contributed by atoms with Crippen molar-refractivity contribution in [2.24, 2.45) is 0 Å². The van der Waals surface area contributed by atoms with Gasteiger partial charge in [0.1, 0.15) is 6.07 Å².